The molecule has 0 saturated heterocycles. The predicted octanol–water partition coefficient (Wildman–Crippen LogP) is 7.09. The highest BCUT2D eigenvalue weighted by Crippen LogP contribution is 2.26. The summed E-state index contributed by atoms with van der Waals surface area (Å²) in [7, 11) is 0. The van der Waals surface area contributed by atoms with E-state index in [0.29, 0.717) is 22.1 Å². The summed E-state index contributed by atoms with van der Waals surface area (Å²) >= 11 is 2.63. The molecule has 1 heterocycles. The van der Waals surface area contributed by atoms with Gasteiger partial charge in [-0.2, -0.15) is 0 Å². The SMILES string of the molecule is O=C(CSc1ccc(NC(=O)/C(=C/c2ccccc2)NC(=O)c2ccccc2)cc1)Nc1nc(-c2ccc(F)cc2)cs1. The van der Waals surface area contributed by atoms with Gasteiger partial charge in [0.05, 0.1) is 11.4 Å². The van der Waals surface area contributed by atoms with Crippen LogP contribution in [0.4, 0.5) is 15.2 Å². The maximum Gasteiger partial charge on any atom is 0.272 e. The summed E-state index contributed by atoms with van der Waals surface area (Å²) in [5.41, 5.74) is 3.24. The van der Waals surface area contributed by atoms with Gasteiger partial charge in [0.15, 0.2) is 5.13 Å². The average molecular weight is 609 g/mol. The lowest BCUT2D eigenvalue weighted by Gasteiger charge is -2.12. The summed E-state index contributed by atoms with van der Waals surface area (Å²) in [6, 6.07) is 31.0. The number of carbonyl (C=O) groups excluding carboxylic acids is 3. The number of halogens is 1. The Morgan fingerprint density at radius 1 is 0.814 bits per heavy atom. The molecule has 7 nitrogen and oxygen atoms in total. The summed E-state index contributed by atoms with van der Waals surface area (Å²) in [5.74, 6) is -1.25. The molecule has 0 fully saturated rings. The fraction of sp³-hybridized carbons (Fsp3) is 0.0303. The van der Waals surface area contributed by atoms with E-state index in [2.05, 4.69) is 20.9 Å². The number of hydrogen-bond donors (Lipinski definition) is 3. The zero-order valence-electron chi connectivity index (χ0n) is 22.6. The van der Waals surface area contributed by atoms with E-state index in [1.165, 1.54) is 35.2 Å². The number of nitrogens with one attached hydrogen (secondary N) is 3. The van der Waals surface area contributed by atoms with Crippen molar-refractivity contribution >= 4 is 57.7 Å². The van der Waals surface area contributed by atoms with Crippen molar-refractivity contribution in [2.24, 2.45) is 0 Å². The van der Waals surface area contributed by atoms with Crippen molar-refractivity contribution in [1.29, 1.82) is 0 Å². The van der Waals surface area contributed by atoms with E-state index < -0.39 is 11.8 Å². The molecule has 3 amide bonds. The Morgan fingerprint density at radius 3 is 2.19 bits per heavy atom. The largest absolute Gasteiger partial charge is 0.321 e. The quantitative estimate of drug-likeness (QED) is 0.116. The molecule has 0 bridgehead atoms. The fourth-order valence-corrected chi connectivity index (χ4v) is 5.31. The third kappa shape index (κ3) is 8.48. The van der Waals surface area contributed by atoms with Crippen molar-refractivity contribution in [3.63, 3.8) is 0 Å². The summed E-state index contributed by atoms with van der Waals surface area (Å²) in [6.45, 7) is 0. The Kier molecular flexibility index (Phi) is 9.73. The van der Waals surface area contributed by atoms with Crippen LogP contribution in [0.1, 0.15) is 15.9 Å². The van der Waals surface area contributed by atoms with Crippen LogP contribution in [0.25, 0.3) is 17.3 Å². The Balaban J connectivity index is 1.17. The van der Waals surface area contributed by atoms with Crippen LogP contribution < -0.4 is 16.0 Å². The van der Waals surface area contributed by atoms with Crippen molar-refractivity contribution in [3.05, 3.63) is 137 Å². The molecule has 0 unspecified atom stereocenters. The average Bonchev–Trinajstić information content (AvgIpc) is 3.50. The molecular weight excluding hydrogens is 584 g/mol. The van der Waals surface area contributed by atoms with Gasteiger partial charge in [0.25, 0.3) is 11.8 Å². The number of hydrogen-bond acceptors (Lipinski definition) is 6. The van der Waals surface area contributed by atoms with E-state index in [1.54, 1.807) is 72.1 Å². The molecule has 43 heavy (non-hydrogen) atoms. The highest BCUT2D eigenvalue weighted by Gasteiger charge is 2.15. The summed E-state index contributed by atoms with van der Waals surface area (Å²) in [4.78, 5) is 43.7. The van der Waals surface area contributed by atoms with E-state index >= 15 is 0 Å². The summed E-state index contributed by atoms with van der Waals surface area (Å²) in [5, 5.41) is 10.6. The molecule has 0 saturated carbocycles. The highest BCUT2D eigenvalue weighted by molar-refractivity contribution is 8.00. The Hall–Kier alpha value is -5.06. The fourth-order valence-electron chi connectivity index (χ4n) is 3.88. The van der Waals surface area contributed by atoms with E-state index in [-0.39, 0.29) is 23.2 Å². The van der Waals surface area contributed by atoms with Gasteiger partial charge in [-0.1, -0.05) is 48.5 Å². The zero-order chi connectivity index (χ0) is 30.0. The van der Waals surface area contributed by atoms with Gasteiger partial charge in [-0.3, -0.25) is 14.4 Å². The Labute approximate surface area is 255 Å². The standard InChI is InChI=1S/C33H25FN4O3S2/c34-25-13-11-23(12-14-25)29-20-43-33(37-29)38-30(39)21-42-27-17-15-26(16-18-27)35-32(41)28(19-22-7-3-1-4-8-22)36-31(40)24-9-5-2-6-10-24/h1-20H,21H2,(H,35,41)(H,36,40)(H,37,38,39)/b28-19-. The van der Waals surface area contributed by atoms with Crippen molar-refractivity contribution in [2.75, 3.05) is 16.4 Å². The van der Waals surface area contributed by atoms with Crippen molar-refractivity contribution < 1.29 is 18.8 Å². The van der Waals surface area contributed by atoms with Crippen molar-refractivity contribution in [1.82, 2.24) is 10.3 Å². The third-order valence-electron chi connectivity index (χ3n) is 6.01. The van der Waals surface area contributed by atoms with Crippen LogP contribution in [-0.4, -0.2) is 28.5 Å². The van der Waals surface area contributed by atoms with Crippen LogP contribution in [0.15, 0.2) is 125 Å². The minimum Gasteiger partial charge on any atom is -0.321 e. The second-order valence-electron chi connectivity index (χ2n) is 9.15. The van der Waals surface area contributed by atoms with Crippen molar-refractivity contribution in [2.45, 2.75) is 4.90 Å². The van der Waals surface area contributed by atoms with E-state index in [1.807, 2.05) is 36.4 Å². The first-order valence-electron chi connectivity index (χ1n) is 13.1. The molecule has 0 spiro atoms. The third-order valence-corrected chi connectivity index (χ3v) is 7.78. The molecule has 1 aromatic heterocycles. The van der Waals surface area contributed by atoms with Gasteiger partial charge < -0.3 is 16.0 Å². The lowest BCUT2D eigenvalue weighted by molar-refractivity contribution is -0.114. The molecular formula is C33H25FN4O3S2. The maximum atomic E-state index is 13.2. The number of thiazole rings is 1. The maximum absolute atomic E-state index is 13.2. The minimum atomic E-state index is -0.476. The monoisotopic (exact) mass is 608 g/mol. The number of anilines is 2. The number of carbonyl (C=O) groups is 3. The second kappa shape index (κ2) is 14.2. The topological polar surface area (TPSA) is 100 Å². The lowest BCUT2D eigenvalue weighted by atomic mass is 10.1. The first kappa shape index (κ1) is 29.4. The van der Waals surface area contributed by atoms with Crippen LogP contribution in [-0.2, 0) is 9.59 Å². The van der Waals surface area contributed by atoms with Crippen LogP contribution in [0, 0.1) is 5.82 Å². The minimum absolute atomic E-state index is 0.0972. The van der Waals surface area contributed by atoms with Gasteiger partial charge in [-0.15, -0.1) is 23.1 Å². The molecule has 3 N–H and O–H groups in total. The Morgan fingerprint density at radius 2 is 1.49 bits per heavy atom. The number of thioether (sulfide) groups is 1. The van der Waals surface area contributed by atoms with E-state index in [4.69, 9.17) is 0 Å². The zero-order valence-corrected chi connectivity index (χ0v) is 24.3. The highest BCUT2D eigenvalue weighted by atomic mass is 32.2. The van der Waals surface area contributed by atoms with E-state index in [0.717, 1.165) is 16.0 Å². The molecule has 5 rings (SSSR count). The number of aromatic nitrogens is 1. The van der Waals surface area contributed by atoms with E-state index in [9.17, 15) is 18.8 Å². The van der Waals surface area contributed by atoms with Gasteiger partial charge in [0.1, 0.15) is 11.5 Å². The molecule has 214 valence electrons. The number of nitrogens with zero attached hydrogens (tertiary/aromatic N) is 1. The number of amides is 3. The van der Waals surface area contributed by atoms with Gasteiger partial charge in [0.2, 0.25) is 5.91 Å². The number of rotatable bonds is 10. The van der Waals surface area contributed by atoms with Crippen LogP contribution in [0.5, 0.6) is 0 Å². The normalized spacial score (nSPS) is 11.0. The number of benzene rings is 4. The summed E-state index contributed by atoms with van der Waals surface area (Å²) in [6.07, 6.45) is 1.62. The van der Waals surface area contributed by atoms with Gasteiger partial charge in [0, 0.05) is 27.1 Å². The molecule has 0 radical (unpaired) electrons. The molecule has 5 aromatic rings. The smallest absolute Gasteiger partial charge is 0.272 e. The second-order valence-corrected chi connectivity index (χ2v) is 11.1. The molecule has 0 aliphatic carbocycles. The van der Waals surface area contributed by atoms with Gasteiger partial charge in [-0.25, -0.2) is 9.37 Å². The van der Waals surface area contributed by atoms with Crippen molar-refractivity contribution in [3.8, 4) is 11.3 Å². The van der Waals surface area contributed by atoms with Gasteiger partial charge in [-0.05, 0) is 72.3 Å². The molecule has 0 aliphatic rings. The first-order chi connectivity index (χ1) is 20.9. The molecule has 4 aromatic carbocycles. The Bertz CT molecular complexity index is 1740. The van der Waals surface area contributed by atoms with Crippen LogP contribution >= 0.6 is 23.1 Å². The molecule has 10 heteroatoms. The first-order valence-corrected chi connectivity index (χ1v) is 15.0. The van der Waals surface area contributed by atoms with Crippen LogP contribution in [0.3, 0.4) is 0 Å². The lowest BCUT2D eigenvalue weighted by Crippen LogP contribution is -2.30. The molecule has 0 atom stereocenters. The van der Waals surface area contributed by atoms with Gasteiger partial charge >= 0.3 is 0 Å². The molecule has 0 aliphatic heterocycles. The van der Waals surface area contributed by atoms with Crippen LogP contribution in [0.2, 0.25) is 0 Å². The summed E-state index contributed by atoms with van der Waals surface area (Å²) < 4.78 is 13.2. The predicted molar refractivity (Wildman–Crippen MR) is 170 cm³/mol.